The number of carbonyl (C=O) groups excluding carboxylic acids is 1. The van der Waals surface area contributed by atoms with Crippen molar-refractivity contribution in [2.75, 3.05) is 31.5 Å². The first-order valence-electron chi connectivity index (χ1n) is 9.69. The molecule has 1 fully saturated rings. The molecule has 1 aromatic carbocycles. The van der Waals surface area contributed by atoms with Crippen molar-refractivity contribution in [1.82, 2.24) is 14.9 Å². The van der Waals surface area contributed by atoms with Crippen LogP contribution < -0.4 is 19.9 Å². The molecule has 0 saturated carbocycles. The van der Waals surface area contributed by atoms with E-state index in [2.05, 4.69) is 19.1 Å². The molecule has 166 valence electrons. The molecule has 0 spiro atoms. The Bertz CT molecular complexity index is 1000. The molecule has 1 atom stereocenters. The summed E-state index contributed by atoms with van der Waals surface area (Å²) >= 11 is 0. The van der Waals surface area contributed by atoms with Crippen molar-refractivity contribution < 1.29 is 23.4 Å². The average molecular weight is 449 g/mol. The van der Waals surface area contributed by atoms with Crippen LogP contribution in [0.4, 0.5) is 5.69 Å². The number of rotatable bonds is 5. The largest absolute Gasteiger partial charge is 0.492 e. The number of ether oxygens (including phenoxy) is 2. The van der Waals surface area contributed by atoms with E-state index < -0.39 is 11.0 Å². The van der Waals surface area contributed by atoms with E-state index in [-0.39, 0.29) is 23.7 Å². The molecular weight excluding hydrogens is 424 g/mol. The minimum absolute atomic E-state index is 0.00399. The number of hydrogen-bond donors (Lipinski definition) is 4. The van der Waals surface area contributed by atoms with Gasteiger partial charge in [0.25, 0.3) is 5.91 Å². The summed E-state index contributed by atoms with van der Waals surface area (Å²) in [7, 11) is -1.88. The van der Waals surface area contributed by atoms with Crippen molar-refractivity contribution in [3.8, 4) is 11.8 Å². The molecule has 0 radical (unpaired) electrons. The van der Waals surface area contributed by atoms with Crippen molar-refractivity contribution in [2.24, 2.45) is 16.0 Å². The van der Waals surface area contributed by atoms with Gasteiger partial charge in [0, 0.05) is 31.4 Å². The third kappa shape index (κ3) is 4.65. The fourth-order valence-electron chi connectivity index (χ4n) is 3.66. The highest BCUT2D eigenvalue weighted by Gasteiger charge is 2.28. The maximum atomic E-state index is 12.8. The molecule has 31 heavy (non-hydrogen) atoms. The van der Waals surface area contributed by atoms with Crippen molar-refractivity contribution in [1.29, 1.82) is 0 Å². The van der Waals surface area contributed by atoms with Crippen LogP contribution >= 0.6 is 11.0 Å². The maximum Gasteiger partial charge on any atom is 0.316 e. The Balaban J connectivity index is 1.41. The summed E-state index contributed by atoms with van der Waals surface area (Å²) in [5, 5.41) is 0. The molecule has 2 aromatic rings. The van der Waals surface area contributed by atoms with Crippen LogP contribution in [-0.4, -0.2) is 62.5 Å². The van der Waals surface area contributed by atoms with Gasteiger partial charge in [-0.1, -0.05) is 6.07 Å². The second kappa shape index (κ2) is 8.57. The van der Waals surface area contributed by atoms with Crippen molar-refractivity contribution >= 4 is 28.4 Å². The number of benzene rings is 1. The van der Waals surface area contributed by atoms with Crippen LogP contribution in [0.1, 0.15) is 28.8 Å². The van der Waals surface area contributed by atoms with Crippen LogP contribution in [0.2, 0.25) is 0 Å². The molecule has 2 aliphatic heterocycles. The van der Waals surface area contributed by atoms with Crippen LogP contribution in [0, 0.1) is 5.92 Å². The number of fused-ring (bicyclic) bond motifs is 1. The molecule has 1 unspecified atom stereocenters. The fraction of sp³-hybridized carbons (Fsp3) is 0.368. The first-order valence-corrected chi connectivity index (χ1v) is 11.2. The molecule has 11 nitrogen and oxygen atoms in total. The number of hydrogen-bond acceptors (Lipinski definition) is 10. The standard InChI is InChI=1S/C19H24N6O5S/c1-29-19-21-8-13(9-22-19)18(26)25-7-3-4-12(10-25)11-30-15-6-2-5-14-16(15)17(20)24-31(27,28)23-14/h2,5-6,8-9,12,23,27-28H,3-4,7,10-11H2,1H3,(H2,20,24). The highest BCUT2D eigenvalue weighted by molar-refractivity contribution is 8.24. The van der Waals surface area contributed by atoms with E-state index in [0.29, 0.717) is 42.3 Å². The molecule has 2 aliphatic rings. The van der Waals surface area contributed by atoms with Gasteiger partial charge in [0.05, 0.1) is 30.5 Å². The van der Waals surface area contributed by atoms with Crippen LogP contribution in [0.5, 0.6) is 11.8 Å². The summed E-state index contributed by atoms with van der Waals surface area (Å²) in [5.74, 6) is 0.496. The quantitative estimate of drug-likeness (QED) is 0.538. The Labute approximate surface area is 180 Å². The number of piperidine rings is 1. The normalized spacial score (nSPS) is 20.7. The SMILES string of the molecule is COc1ncc(C(=O)N2CCCC(COc3cccc4c3C(N)=NS(O)(O)N4)C2)cn1. The van der Waals surface area contributed by atoms with Crippen LogP contribution in [0.3, 0.4) is 0 Å². The van der Waals surface area contributed by atoms with Crippen LogP contribution in [0.25, 0.3) is 0 Å². The first kappa shape index (κ1) is 21.2. The van der Waals surface area contributed by atoms with Gasteiger partial charge in [-0.15, -0.1) is 4.40 Å². The Morgan fingerprint density at radius 2 is 2.13 bits per heavy atom. The average Bonchev–Trinajstić information content (AvgIpc) is 2.76. The summed E-state index contributed by atoms with van der Waals surface area (Å²) in [6.07, 6.45) is 4.70. The predicted octanol–water partition coefficient (Wildman–Crippen LogP) is 2.13. The number of carbonyl (C=O) groups is 1. The summed E-state index contributed by atoms with van der Waals surface area (Å²) in [4.78, 5) is 22.6. The molecule has 4 rings (SSSR count). The smallest absolute Gasteiger partial charge is 0.316 e. The van der Waals surface area contributed by atoms with Gasteiger partial charge >= 0.3 is 6.01 Å². The zero-order valence-electron chi connectivity index (χ0n) is 16.9. The summed E-state index contributed by atoms with van der Waals surface area (Å²) < 4.78 is 36.8. The van der Waals surface area contributed by atoms with Crippen LogP contribution in [0.15, 0.2) is 35.0 Å². The van der Waals surface area contributed by atoms with E-state index in [0.717, 1.165) is 12.8 Å². The van der Waals surface area contributed by atoms with Crippen molar-refractivity contribution in [2.45, 2.75) is 12.8 Å². The van der Waals surface area contributed by atoms with E-state index in [1.807, 2.05) is 0 Å². The van der Waals surface area contributed by atoms with E-state index in [1.165, 1.54) is 19.5 Å². The lowest BCUT2D eigenvalue weighted by atomic mass is 9.98. The van der Waals surface area contributed by atoms with E-state index in [1.54, 1.807) is 23.1 Å². The number of amides is 1. The topological polar surface area (TPSA) is 155 Å². The zero-order valence-corrected chi connectivity index (χ0v) is 17.7. The monoisotopic (exact) mass is 448 g/mol. The number of aromatic nitrogens is 2. The van der Waals surface area contributed by atoms with E-state index in [9.17, 15) is 13.9 Å². The molecule has 1 saturated heterocycles. The lowest BCUT2D eigenvalue weighted by Gasteiger charge is -2.34. The van der Waals surface area contributed by atoms with Gasteiger partial charge < -0.3 is 20.1 Å². The number of anilines is 1. The predicted molar refractivity (Wildman–Crippen MR) is 116 cm³/mol. The number of methoxy groups -OCH3 is 1. The summed E-state index contributed by atoms with van der Waals surface area (Å²) in [6.45, 7) is 1.58. The van der Waals surface area contributed by atoms with Gasteiger partial charge in [0.2, 0.25) is 0 Å². The second-order valence-corrected chi connectivity index (χ2v) is 8.73. The first-order chi connectivity index (χ1) is 14.9. The molecule has 1 aromatic heterocycles. The number of amidine groups is 1. The number of nitrogens with two attached hydrogens (primary N) is 1. The minimum atomic E-state index is -3.35. The Hall–Kier alpha value is -3.09. The molecule has 12 heteroatoms. The Morgan fingerprint density at radius 1 is 1.35 bits per heavy atom. The number of nitrogens with zero attached hydrogens (tertiary/aromatic N) is 4. The maximum absolute atomic E-state index is 12.8. The molecule has 0 aliphatic carbocycles. The highest BCUT2D eigenvalue weighted by Crippen LogP contribution is 2.46. The molecule has 1 amide bonds. The van der Waals surface area contributed by atoms with Gasteiger partial charge in [-0.3, -0.25) is 18.6 Å². The number of nitrogens with one attached hydrogen (secondary N) is 1. The van der Waals surface area contributed by atoms with E-state index >= 15 is 0 Å². The van der Waals surface area contributed by atoms with Crippen molar-refractivity contribution in [3.05, 3.63) is 41.7 Å². The Kier molecular flexibility index (Phi) is 5.85. The molecule has 3 heterocycles. The summed E-state index contributed by atoms with van der Waals surface area (Å²) in [6, 6.07) is 5.37. The third-order valence-corrected chi connectivity index (χ3v) is 6.04. The van der Waals surface area contributed by atoms with Gasteiger partial charge in [-0.25, -0.2) is 9.97 Å². The van der Waals surface area contributed by atoms with Gasteiger partial charge in [-0.2, -0.15) is 0 Å². The Morgan fingerprint density at radius 3 is 2.87 bits per heavy atom. The third-order valence-electron chi connectivity index (χ3n) is 5.09. The fourth-order valence-corrected chi connectivity index (χ4v) is 4.54. The molecular formula is C19H24N6O5S. The minimum Gasteiger partial charge on any atom is -0.492 e. The van der Waals surface area contributed by atoms with Gasteiger partial charge in [0.1, 0.15) is 5.75 Å². The summed E-state index contributed by atoms with van der Waals surface area (Å²) in [5.41, 5.74) is 7.29. The molecule has 5 N–H and O–H groups in total. The van der Waals surface area contributed by atoms with E-state index in [4.69, 9.17) is 15.2 Å². The lowest BCUT2D eigenvalue weighted by molar-refractivity contribution is 0.0632. The van der Waals surface area contributed by atoms with Gasteiger partial charge in [0.15, 0.2) is 5.84 Å². The van der Waals surface area contributed by atoms with Gasteiger partial charge in [-0.05, 0) is 35.9 Å². The molecule has 0 bridgehead atoms. The zero-order chi connectivity index (χ0) is 22.0. The second-order valence-electron chi connectivity index (χ2n) is 7.30. The number of likely N-dealkylation sites (tertiary alicyclic amines) is 1. The van der Waals surface area contributed by atoms with Crippen molar-refractivity contribution in [3.63, 3.8) is 0 Å². The van der Waals surface area contributed by atoms with Crippen LogP contribution in [-0.2, 0) is 0 Å². The lowest BCUT2D eigenvalue weighted by Crippen LogP contribution is -2.41. The highest BCUT2D eigenvalue weighted by atomic mass is 32.3.